The molecule has 0 saturated carbocycles. The number of hydrogen-bond donors (Lipinski definition) is 1. The molecule has 0 spiro atoms. The van der Waals surface area contributed by atoms with Crippen LogP contribution in [0.5, 0.6) is 0 Å². The number of halogens is 3. The Morgan fingerprint density at radius 1 is 0.900 bits per heavy atom. The standard InChI is InChI=1S/C16H16BrF2N/c1-10(12-3-5-13(18)6-4-12)20-11(2)15-8-7-14(19)9-16(15)17/h3-11,20H,1-2H3/t10-,11?/m0/s1. The Bertz CT molecular complexity index is 584. The van der Waals surface area contributed by atoms with Gasteiger partial charge in [0.2, 0.25) is 0 Å². The van der Waals surface area contributed by atoms with Gasteiger partial charge in [0.25, 0.3) is 0 Å². The molecule has 0 aliphatic carbocycles. The molecule has 0 amide bonds. The molecule has 0 aromatic heterocycles. The maximum Gasteiger partial charge on any atom is 0.124 e. The second-order valence-corrected chi connectivity index (χ2v) is 5.68. The lowest BCUT2D eigenvalue weighted by Crippen LogP contribution is -2.22. The van der Waals surface area contributed by atoms with E-state index in [2.05, 4.69) is 21.2 Å². The van der Waals surface area contributed by atoms with Gasteiger partial charge in [-0.25, -0.2) is 8.78 Å². The third-order valence-electron chi connectivity index (χ3n) is 3.30. The fraction of sp³-hybridized carbons (Fsp3) is 0.250. The van der Waals surface area contributed by atoms with E-state index in [9.17, 15) is 8.78 Å². The Morgan fingerprint density at radius 2 is 1.50 bits per heavy atom. The SMILES string of the molecule is CC(N[C@@H](C)c1ccc(F)cc1)c1ccc(F)cc1Br. The third kappa shape index (κ3) is 3.64. The Kier molecular flexibility index (Phi) is 4.89. The van der Waals surface area contributed by atoms with Crippen molar-refractivity contribution < 1.29 is 8.78 Å². The predicted octanol–water partition coefficient (Wildman–Crippen LogP) is 5.14. The van der Waals surface area contributed by atoms with E-state index in [0.29, 0.717) is 0 Å². The average Bonchev–Trinajstić information content (AvgIpc) is 2.39. The van der Waals surface area contributed by atoms with E-state index in [-0.39, 0.29) is 23.7 Å². The van der Waals surface area contributed by atoms with Crippen molar-refractivity contribution in [2.45, 2.75) is 25.9 Å². The van der Waals surface area contributed by atoms with Gasteiger partial charge in [-0.15, -0.1) is 0 Å². The Hall–Kier alpha value is -1.26. The third-order valence-corrected chi connectivity index (χ3v) is 3.99. The summed E-state index contributed by atoms with van der Waals surface area (Å²) < 4.78 is 26.7. The number of benzene rings is 2. The minimum absolute atomic E-state index is 0.0463. The van der Waals surface area contributed by atoms with Gasteiger partial charge in [0.15, 0.2) is 0 Å². The highest BCUT2D eigenvalue weighted by atomic mass is 79.9. The van der Waals surface area contributed by atoms with Crippen LogP contribution in [0.3, 0.4) is 0 Å². The molecule has 1 unspecified atom stereocenters. The number of nitrogens with one attached hydrogen (secondary N) is 1. The molecule has 20 heavy (non-hydrogen) atoms. The molecule has 1 nitrogen and oxygen atoms in total. The molecular weight excluding hydrogens is 324 g/mol. The highest BCUT2D eigenvalue weighted by Gasteiger charge is 2.14. The minimum atomic E-state index is -0.264. The van der Waals surface area contributed by atoms with Gasteiger partial charge in [-0.05, 0) is 49.2 Å². The molecule has 2 aromatic carbocycles. The fourth-order valence-electron chi connectivity index (χ4n) is 2.17. The molecule has 1 N–H and O–H groups in total. The average molecular weight is 340 g/mol. The van der Waals surface area contributed by atoms with Crippen LogP contribution in [0.15, 0.2) is 46.9 Å². The van der Waals surface area contributed by atoms with Crippen LogP contribution in [0, 0.1) is 11.6 Å². The minimum Gasteiger partial charge on any atom is -0.304 e. The van der Waals surface area contributed by atoms with Crippen molar-refractivity contribution in [2.24, 2.45) is 0 Å². The van der Waals surface area contributed by atoms with Gasteiger partial charge in [-0.2, -0.15) is 0 Å². The first-order valence-electron chi connectivity index (χ1n) is 6.44. The molecule has 0 heterocycles. The Morgan fingerprint density at radius 3 is 2.10 bits per heavy atom. The van der Waals surface area contributed by atoms with Crippen molar-refractivity contribution in [1.82, 2.24) is 5.32 Å². The van der Waals surface area contributed by atoms with Gasteiger partial charge in [0, 0.05) is 16.6 Å². The summed E-state index contributed by atoms with van der Waals surface area (Å²) in [5.41, 5.74) is 2.00. The zero-order chi connectivity index (χ0) is 14.7. The topological polar surface area (TPSA) is 12.0 Å². The molecule has 0 bridgehead atoms. The second-order valence-electron chi connectivity index (χ2n) is 4.83. The van der Waals surface area contributed by atoms with E-state index in [1.807, 2.05) is 13.8 Å². The van der Waals surface area contributed by atoms with Crippen LogP contribution in [0.1, 0.15) is 37.1 Å². The van der Waals surface area contributed by atoms with Crippen LogP contribution in [-0.2, 0) is 0 Å². The Balaban J connectivity index is 2.10. The summed E-state index contributed by atoms with van der Waals surface area (Å²) in [5.74, 6) is -0.505. The highest BCUT2D eigenvalue weighted by Crippen LogP contribution is 2.26. The maximum atomic E-state index is 13.1. The molecule has 4 heteroatoms. The number of hydrogen-bond acceptors (Lipinski definition) is 1. The zero-order valence-corrected chi connectivity index (χ0v) is 12.9. The van der Waals surface area contributed by atoms with Crippen LogP contribution in [0.4, 0.5) is 8.78 Å². The van der Waals surface area contributed by atoms with E-state index in [0.717, 1.165) is 15.6 Å². The second kappa shape index (κ2) is 6.46. The fourth-order valence-corrected chi connectivity index (χ4v) is 2.86. The van der Waals surface area contributed by atoms with Crippen LogP contribution in [0.2, 0.25) is 0 Å². The molecule has 2 atom stereocenters. The summed E-state index contributed by atoms with van der Waals surface area (Å²) in [7, 11) is 0. The van der Waals surface area contributed by atoms with E-state index < -0.39 is 0 Å². The van der Waals surface area contributed by atoms with Crippen molar-refractivity contribution in [3.05, 3.63) is 69.7 Å². The lowest BCUT2D eigenvalue weighted by atomic mass is 10.0. The maximum absolute atomic E-state index is 13.1. The van der Waals surface area contributed by atoms with E-state index >= 15 is 0 Å². The summed E-state index contributed by atoms with van der Waals surface area (Å²) in [6, 6.07) is 11.2. The van der Waals surface area contributed by atoms with Gasteiger partial charge in [-0.1, -0.05) is 34.1 Å². The van der Waals surface area contributed by atoms with E-state index in [1.165, 1.54) is 24.3 Å². The normalized spacial score (nSPS) is 14.1. The molecule has 0 fully saturated rings. The summed E-state index contributed by atoms with van der Waals surface area (Å²) in [6.45, 7) is 4.03. The van der Waals surface area contributed by atoms with Gasteiger partial charge >= 0.3 is 0 Å². The molecule has 0 saturated heterocycles. The number of rotatable bonds is 4. The van der Waals surface area contributed by atoms with Gasteiger partial charge in [0.05, 0.1) is 0 Å². The first-order valence-corrected chi connectivity index (χ1v) is 7.23. The first kappa shape index (κ1) is 15.1. The largest absolute Gasteiger partial charge is 0.304 e. The molecular formula is C16H16BrF2N. The molecule has 0 radical (unpaired) electrons. The predicted molar refractivity (Wildman–Crippen MR) is 80.5 cm³/mol. The van der Waals surface area contributed by atoms with Crippen LogP contribution < -0.4 is 5.32 Å². The van der Waals surface area contributed by atoms with Gasteiger partial charge in [0.1, 0.15) is 11.6 Å². The Labute approximate surface area is 126 Å². The van der Waals surface area contributed by atoms with Crippen molar-refractivity contribution in [1.29, 1.82) is 0 Å². The monoisotopic (exact) mass is 339 g/mol. The summed E-state index contributed by atoms with van der Waals surface area (Å²) in [5, 5.41) is 3.42. The zero-order valence-electron chi connectivity index (χ0n) is 11.3. The van der Waals surface area contributed by atoms with Crippen LogP contribution in [0.25, 0.3) is 0 Å². The van der Waals surface area contributed by atoms with Crippen LogP contribution >= 0.6 is 15.9 Å². The lowest BCUT2D eigenvalue weighted by molar-refractivity contribution is 0.491. The summed E-state index contributed by atoms with van der Waals surface area (Å²) in [4.78, 5) is 0. The van der Waals surface area contributed by atoms with Crippen molar-refractivity contribution in [3.8, 4) is 0 Å². The molecule has 2 aromatic rings. The molecule has 2 rings (SSSR count). The molecule has 106 valence electrons. The highest BCUT2D eigenvalue weighted by molar-refractivity contribution is 9.10. The summed E-state index contributed by atoms with van der Waals surface area (Å²) >= 11 is 3.37. The molecule has 0 aliphatic rings. The van der Waals surface area contributed by atoms with Crippen molar-refractivity contribution >= 4 is 15.9 Å². The van der Waals surface area contributed by atoms with E-state index in [1.54, 1.807) is 18.2 Å². The lowest BCUT2D eigenvalue weighted by Gasteiger charge is -2.21. The summed E-state index contributed by atoms with van der Waals surface area (Å²) in [6.07, 6.45) is 0. The van der Waals surface area contributed by atoms with Gasteiger partial charge < -0.3 is 5.32 Å². The van der Waals surface area contributed by atoms with Gasteiger partial charge in [-0.3, -0.25) is 0 Å². The van der Waals surface area contributed by atoms with Crippen molar-refractivity contribution in [3.63, 3.8) is 0 Å². The van der Waals surface area contributed by atoms with E-state index in [4.69, 9.17) is 0 Å². The van der Waals surface area contributed by atoms with Crippen LogP contribution in [-0.4, -0.2) is 0 Å². The quantitative estimate of drug-likeness (QED) is 0.813. The smallest absolute Gasteiger partial charge is 0.124 e. The van der Waals surface area contributed by atoms with Crippen molar-refractivity contribution in [2.75, 3.05) is 0 Å². The molecule has 0 aliphatic heterocycles. The first-order chi connectivity index (χ1) is 9.47.